The van der Waals surface area contributed by atoms with Crippen LogP contribution in [0.15, 0.2) is 169 Å². The number of nitrogens with zero attached hydrogens (tertiary/aromatic N) is 1. The second kappa shape index (κ2) is 11.4. The van der Waals surface area contributed by atoms with Gasteiger partial charge in [-0.15, -0.1) is 0 Å². The van der Waals surface area contributed by atoms with E-state index in [1.54, 1.807) is 11.0 Å². The lowest BCUT2D eigenvalue weighted by Crippen LogP contribution is -2.10. The van der Waals surface area contributed by atoms with Crippen LogP contribution >= 0.6 is 0 Å². The minimum absolute atomic E-state index is 0.0339. The Hall–Kier alpha value is -6.38. The Bertz CT molecular complexity index is 3280. The first-order valence-electron chi connectivity index (χ1n) is 21.1. The quantitative estimate of drug-likeness (QED) is 0.167. The fourth-order valence-electron chi connectivity index (χ4n) is 7.24. The Morgan fingerprint density at radius 2 is 1.30 bits per heavy atom. The average Bonchev–Trinajstić information content (AvgIpc) is 3.64. The first-order valence-corrected chi connectivity index (χ1v) is 16.6. The lowest BCUT2D eigenvalue weighted by molar-refractivity contribution is 0.670. The van der Waals surface area contributed by atoms with Crippen molar-refractivity contribution in [2.24, 2.45) is 0 Å². The summed E-state index contributed by atoms with van der Waals surface area (Å²) >= 11 is 0. The third-order valence-corrected chi connectivity index (χ3v) is 9.86. The maximum absolute atomic E-state index is 9.70. The van der Waals surface area contributed by atoms with E-state index in [4.69, 9.17) is 14.0 Å². The van der Waals surface area contributed by atoms with E-state index in [1.807, 2.05) is 66.7 Å². The summed E-state index contributed by atoms with van der Waals surface area (Å²) < 4.78 is 86.6. The molecule has 1 aliphatic carbocycles. The van der Waals surface area contributed by atoms with Crippen molar-refractivity contribution in [1.82, 2.24) is 0 Å². The Kier molecular flexibility index (Phi) is 4.74. The largest absolute Gasteiger partial charge is 0.455 e. The van der Waals surface area contributed by atoms with Crippen molar-refractivity contribution in [2.75, 3.05) is 4.90 Å². The van der Waals surface area contributed by atoms with Gasteiger partial charge in [-0.25, -0.2) is 0 Å². The Morgan fingerprint density at radius 3 is 2.06 bits per heavy atom. The molecule has 8 aromatic carbocycles. The highest BCUT2D eigenvalue weighted by Crippen LogP contribution is 2.45. The van der Waals surface area contributed by atoms with Crippen molar-refractivity contribution in [1.29, 1.82) is 0 Å². The number of rotatable bonds is 6. The van der Waals surface area contributed by atoms with Crippen LogP contribution in [0.2, 0.25) is 0 Å². The minimum atomic E-state index is -0.555. The van der Waals surface area contributed by atoms with Crippen LogP contribution in [-0.4, -0.2) is 0 Å². The predicted octanol–water partition coefficient (Wildman–Crippen LogP) is 13.4. The molecule has 0 amide bonds. The number of fused-ring (bicyclic) bond motifs is 7. The van der Waals surface area contributed by atoms with E-state index in [0.717, 1.165) is 62.6 Å². The molecule has 9 aromatic rings. The summed E-state index contributed by atoms with van der Waals surface area (Å²) in [5.74, 6) is 0. The van der Waals surface area contributed by atoms with Crippen LogP contribution in [0.3, 0.4) is 0 Å². The average molecular weight is 649 g/mol. The number of benzene rings is 8. The van der Waals surface area contributed by atoms with Crippen molar-refractivity contribution in [2.45, 2.75) is 12.8 Å². The van der Waals surface area contributed by atoms with Crippen LogP contribution in [-0.2, 0) is 12.8 Å². The summed E-state index contributed by atoms with van der Waals surface area (Å²) in [5, 5.41) is 1.56. The SMILES string of the molecule is [2H]c1c([2H])c([2H])c2c(c1[2H])c([2H])c(N(c1ccc(C=C)cc1)c1ccc(-c3ccc(-c4ccc5c(c4)CC5)c4oc5ccccc5c34)cc1)c1c([2H])c([2H])c([2H])c([2H])c12. The molecule has 0 N–H and O–H groups in total. The zero-order chi connectivity index (χ0) is 41.0. The highest BCUT2D eigenvalue weighted by Gasteiger charge is 2.21. The second-order valence-corrected chi connectivity index (χ2v) is 12.6. The van der Waals surface area contributed by atoms with Gasteiger partial charge in [0.2, 0.25) is 0 Å². The Balaban J connectivity index is 1.23. The van der Waals surface area contributed by atoms with Gasteiger partial charge in [0.1, 0.15) is 11.2 Å². The third-order valence-electron chi connectivity index (χ3n) is 9.86. The second-order valence-electron chi connectivity index (χ2n) is 12.6. The molecule has 1 aliphatic rings. The molecular formula is C48H33NO. The fourth-order valence-corrected chi connectivity index (χ4v) is 7.24. The van der Waals surface area contributed by atoms with Crippen molar-refractivity contribution >= 4 is 66.6 Å². The number of aryl methyl sites for hydroxylation is 2. The Morgan fingerprint density at radius 1 is 0.620 bits per heavy atom. The first kappa shape index (κ1) is 20.9. The molecule has 50 heavy (non-hydrogen) atoms. The van der Waals surface area contributed by atoms with Crippen LogP contribution in [0.1, 0.15) is 29.0 Å². The van der Waals surface area contributed by atoms with Crippen LogP contribution in [0.5, 0.6) is 0 Å². The number of para-hydroxylation sites is 1. The van der Waals surface area contributed by atoms with Crippen LogP contribution in [0, 0.1) is 0 Å². The molecule has 0 unspecified atom stereocenters. The number of hydrogen-bond acceptors (Lipinski definition) is 2. The molecule has 1 heterocycles. The van der Waals surface area contributed by atoms with Gasteiger partial charge in [-0.1, -0.05) is 128 Å². The van der Waals surface area contributed by atoms with Gasteiger partial charge >= 0.3 is 0 Å². The predicted molar refractivity (Wildman–Crippen MR) is 212 cm³/mol. The van der Waals surface area contributed by atoms with E-state index < -0.39 is 48.3 Å². The van der Waals surface area contributed by atoms with E-state index in [1.165, 1.54) is 11.1 Å². The number of furan rings is 1. The summed E-state index contributed by atoms with van der Waals surface area (Å²) in [6.07, 6.45) is 3.87. The van der Waals surface area contributed by atoms with Crippen molar-refractivity contribution in [3.63, 3.8) is 0 Å². The molecule has 0 saturated carbocycles. The molecule has 0 bridgehead atoms. The van der Waals surface area contributed by atoms with Gasteiger partial charge in [0.05, 0.1) is 18.0 Å². The van der Waals surface area contributed by atoms with Crippen molar-refractivity contribution in [3.8, 4) is 22.3 Å². The summed E-state index contributed by atoms with van der Waals surface area (Å²) in [7, 11) is 0. The van der Waals surface area contributed by atoms with Gasteiger partial charge in [0, 0.05) is 33.1 Å². The molecule has 0 spiro atoms. The van der Waals surface area contributed by atoms with Crippen LogP contribution in [0.4, 0.5) is 17.1 Å². The maximum Gasteiger partial charge on any atom is 0.143 e. The fraction of sp³-hybridized carbons (Fsp3) is 0.0417. The molecule has 0 saturated heterocycles. The van der Waals surface area contributed by atoms with Crippen molar-refractivity contribution in [3.05, 3.63) is 181 Å². The van der Waals surface area contributed by atoms with Crippen LogP contribution < -0.4 is 4.90 Å². The molecule has 0 atom stereocenters. The molecule has 1 aromatic heterocycles. The first-order chi connectivity index (χ1) is 28.5. The zero-order valence-corrected chi connectivity index (χ0v) is 26.9. The summed E-state index contributed by atoms with van der Waals surface area (Å²) in [4.78, 5) is 1.72. The molecule has 236 valence electrons. The van der Waals surface area contributed by atoms with Gasteiger partial charge in [-0.2, -0.15) is 0 Å². The normalized spacial score (nSPS) is 14.8. The molecular weight excluding hydrogens is 607 g/mol. The smallest absolute Gasteiger partial charge is 0.143 e. The number of anilines is 3. The standard InChI is InChI=1S/C48H33NO/c1-2-31-15-23-37(24-16-31)49(45-30-35-9-3-4-10-39(35)42-11-5-6-12-43(42)45)38-25-21-33(22-26-38)40-27-28-41(36-20-18-32-17-19-34(32)29-36)48-47(40)44-13-7-8-14-46(44)50-48/h2-16,18,20-30H,1,17,19H2/i3D,4D,5D,6D,9D,10D,11D,12D,30D. The van der Waals surface area contributed by atoms with E-state index >= 15 is 0 Å². The van der Waals surface area contributed by atoms with E-state index in [-0.39, 0.29) is 33.3 Å². The minimum Gasteiger partial charge on any atom is -0.455 e. The highest BCUT2D eigenvalue weighted by molar-refractivity contribution is 6.17. The maximum atomic E-state index is 9.70. The highest BCUT2D eigenvalue weighted by atomic mass is 16.3. The third kappa shape index (κ3) is 4.49. The lowest BCUT2D eigenvalue weighted by atomic mass is 9.85. The monoisotopic (exact) mass is 648 g/mol. The molecule has 0 fully saturated rings. The summed E-state index contributed by atoms with van der Waals surface area (Å²) in [6, 6.07) is 29.6. The topological polar surface area (TPSA) is 16.4 Å². The van der Waals surface area contributed by atoms with Gasteiger partial charge in [0.25, 0.3) is 0 Å². The van der Waals surface area contributed by atoms with E-state index in [2.05, 4.69) is 43.0 Å². The van der Waals surface area contributed by atoms with Crippen molar-refractivity contribution < 1.29 is 16.8 Å². The van der Waals surface area contributed by atoms with Gasteiger partial charge in [0.15, 0.2) is 0 Å². The van der Waals surface area contributed by atoms with Crippen LogP contribution in [0.25, 0.3) is 71.8 Å². The molecule has 0 radical (unpaired) electrons. The molecule has 2 heteroatoms. The molecule has 10 rings (SSSR count). The van der Waals surface area contributed by atoms with E-state index in [9.17, 15) is 2.74 Å². The zero-order valence-electron chi connectivity index (χ0n) is 35.9. The lowest BCUT2D eigenvalue weighted by Gasteiger charge is -2.28. The summed E-state index contributed by atoms with van der Waals surface area (Å²) in [6.45, 7) is 3.88. The van der Waals surface area contributed by atoms with Gasteiger partial charge < -0.3 is 9.32 Å². The molecule has 0 aliphatic heterocycles. The Labute approximate surface area is 303 Å². The van der Waals surface area contributed by atoms with Gasteiger partial charge in [-0.3, -0.25) is 0 Å². The number of hydrogen-bond donors (Lipinski definition) is 0. The summed E-state index contributed by atoms with van der Waals surface area (Å²) in [5.41, 5.74) is 10.3. The molecule has 2 nitrogen and oxygen atoms in total. The van der Waals surface area contributed by atoms with Gasteiger partial charge in [-0.05, 0) is 105 Å². The van der Waals surface area contributed by atoms with E-state index in [0.29, 0.717) is 11.4 Å².